The van der Waals surface area contributed by atoms with Gasteiger partial charge in [0.05, 0.1) is 7.11 Å². The van der Waals surface area contributed by atoms with Crippen LogP contribution in [-0.2, 0) is 11.2 Å². The third kappa shape index (κ3) is 4.94. The first-order chi connectivity index (χ1) is 14.7. The molecule has 0 radical (unpaired) electrons. The molecule has 2 aromatic carbocycles. The molecule has 1 aromatic heterocycles. The third-order valence-corrected chi connectivity index (χ3v) is 5.74. The number of H-pyrrole nitrogens is 1. The lowest BCUT2D eigenvalue weighted by atomic mass is 10.1. The summed E-state index contributed by atoms with van der Waals surface area (Å²) in [6.45, 7) is 4.87. The van der Waals surface area contributed by atoms with E-state index >= 15 is 0 Å². The highest BCUT2D eigenvalue weighted by molar-refractivity contribution is 5.84. The molecule has 4 rings (SSSR count). The number of benzene rings is 2. The number of methoxy groups -OCH3 is 1. The number of carbonyl (C=O) groups excluding carboxylic acids is 1. The van der Waals surface area contributed by atoms with Crippen molar-refractivity contribution in [1.29, 1.82) is 0 Å². The molecule has 0 bridgehead atoms. The molecule has 158 valence electrons. The smallest absolute Gasteiger partial charge is 0.222 e. The average Bonchev–Trinajstić information content (AvgIpc) is 3.21. The van der Waals surface area contributed by atoms with Crippen LogP contribution < -0.4 is 9.47 Å². The lowest BCUT2D eigenvalue weighted by molar-refractivity contribution is -0.132. The number of aromatic nitrogens is 1. The minimum absolute atomic E-state index is 0.245. The van der Waals surface area contributed by atoms with E-state index in [1.807, 2.05) is 47.5 Å². The highest BCUT2D eigenvalue weighted by atomic mass is 16.5. The summed E-state index contributed by atoms with van der Waals surface area (Å²) in [6.07, 6.45) is 3.36. The SMILES string of the molecule is COc1ccc(OCCN2CCN(C(=O)CCc3c[nH]c4ccccc34)CC2)cc1. The lowest BCUT2D eigenvalue weighted by Crippen LogP contribution is -2.49. The first-order valence-electron chi connectivity index (χ1n) is 10.5. The number of nitrogens with one attached hydrogen (secondary N) is 1. The second-order valence-corrected chi connectivity index (χ2v) is 7.61. The monoisotopic (exact) mass is 407 g/mol. The van der Waals surface area contributed by atoms with Crippen LogP contribution in [0.4, 0.5) is 0 Å². The van der Waals surface area contributed by atoms with Crippen LogP contribution in [0, 0.1) is 0 Å². The molecular formula is C24H29N3O3. The van der Waals surface area contributed by atoms with E-state index in [9.17, 15) is 4.79 Å². The lowest BCUT2D eigenvalue weighted by Gasteiger charge is -2.34. The number of fused-ring (bicyclic) bond motifs is 1. The van der Waals surface area contributed by atoms with Crippen LogP contribution in [0.3, 0.4) is 0 Å². The fourth-order valence-electron chi connectivity index (χ4n) is 3.92. The number of hydrogen-bond donors (Lipinski definition) is 1. The van der Waals surface area contributed by atoms with Crippen molar-refractivity contribution >= 4 is 16.8 Å². The van der Waals surface area contributed by atoms with Crippen molar-refractivity contribution in [2.75, 3.05) is 46.4 Å². The fraction of sp³-hybridized carbons (Fsp3) is 0.375. The molecule has 1 N–H and O–H groups in total. The van der Waals surface area contributed by atoms with E-state index in [2.05, 4.69) is 22.0 Å². The number of hydrogen-bond acceptors (Lipinski definition) is 4. The number of carbonyl (C=O) groups is 1. The summed E-state index contributed by atoms with van der Waals surface area (Å²) >= 11 is 0. The molecule has 0 atom stereocenters. The molecule has 0 spiro atoms. The molecule has 1 aliphatic heterocycles. The Labute approximate surface area is 177 Å². The van der Waals surface area contributed by atoms with Crippen LogP contribution in [0.25, 0.3) is 10.9 Å². The van der Waals surface area contributed by atoms with Crippen LogP contribution >= 0.6 is 0 Å². The zero-order valence-electron chi connectivity index (χ0n) is 17.5. The Hall–Kier alpha value is -2.99. The Balaban J connectivity index is 1.17. The normalized spacial score (nSPS) is 14.8. The topological polar surface area (TPSA) is 57.8 Å². The molecule has 3 aromatic rings. The van der Waals surface area contributed by atoms with Crippen LogP contribution in [-0.4, -0.2) is 67.1 Å². The summed E-state index contributed by atoms with van der Waals surface area (Å²) in [5.41, 5.74) is 2.35. The van der Waals surface area contributed by atoms with E-state index in [1.165, 1.54) is 10.9 Å². The van der Waals surface area contributed by atoms with Crippen molar-refractivity contribution in [3.8, 4) is 11.5 Å². The van der Waals surface area contributed by atoms with Gasteiger partial charge < -0.3 is 19.4 Å². The van der Waals surface area contributed by atoms with Gasteiger partial charge in [-0.15, -0.1) is 0 Å². The van der Waals surface area contributed by atoms with E-state index in [4.69, 9.17) is 9.47 Å². The maximum Gasteiger partial charge on any atom is 0.222 e. The van der Waals surface area contributed by atoms with E-state index in [-0.39, 0.29) is 5.91 Å². The minimum Gasteiger partial charge on any atom is -0.497 e. The molecule has 6 heteroatoms. The minimum atomic E-state index is 0.245. The molecule has 0 aliphatic carbocycles. The number of aromatic amines is 1. The van der Waals surface area contributed by atoms with Gasteiger partial charge in [0.1, 0.15) is 18.1 Å². The highest BCUT2D eigenvalue weighted by Gasteiger charge is 2.21. The average molecular weight is 408 g/mol. The summed E-state index contributed by atoms with van der Waals surface area (Å²) in [4.78, 5) is 20.3. The van der Waals surface area contributed by atoms with Crippen molar-refractivity contribution in [2.24, 2.45) is 0 Å². The summed E-state index contributed by atoms with van der Waals surface area (Å²) < 4.78 is 11.0. The zero-order chi connectivity index (χ0) is 20.8. The molecule has 0 unspecified atom stereocenters. The van der Waals surface area contributed by atoms with Gasteiger partial charge in [-0.05, 0) is 42.3 Å². The van der Waals surface area contributed by atoms with Crippen molar-refractivity contribution in [3.63, 3.8) is 0 Å². The van der Waals surface area contributed by atoms with Crippen LogP contribution in [0.5, 0.6) is 11.5 Å². The summed E-state index contributed by atoms with van der Waals surface area (Å²) in [5.74, 6) is 1.92. The first kappa shape index (κ1) is 20.3. The molecule has 1 saturated heterocycles. The number of amides is 1. The van der Waals surface area contributed by atoms with Gasteiger partial charge in [0.15, 0.2) is 0 Å². The standard InChI is InChI=1S/C24H29N3O3/c1-29-20-7-9-21(10-8-20)30-17-16-26-12-14-27(15-13-26)24(28)11-6-19-18-25-23-5-3-2-4-22(19)23/h2-5,7-10,18,25H,6,11-17H2,1H3. The Morgan fingerprint density at radius 1 is 1.00 bits per heavy atom. The molecule has 2 heterocycles. The van der Waals surface area contributed by atoms with Gasteiger partial charge in [-0.1, -0.05) is 18.2 Å². The van der Waals surface area contributed by atoms with Gasteiger partial charge in [-0.2, -0.15) is 0 Å². The number of nitrogens with zero attached hydrogens (tertiary/aromatic N) is 2. The van der Waals surface area contributed by atoms with Crippen molar-refractivity contribution in [2.45, 2.75) is 12.8 Å². The molecule has 30 heavy (non-hydrogen) atoms. The Morgan fingerprint density at radius 3 is 2.50 bits per heavy atom. The Kier molecular flexibility index (Phi) is 6.54. The van der Waals surface area contributed by atoms with E-state index in [0.29, 0.717) is 13.0 Å². The summed E-state index contributed by atoms with van der Waals surface area (Å²) in [5, 5.41) is 1.21. The van der Waals surface area contributed by atoms with Gasteiger partial charge in [0, 0.05) is 56.2 Å². The number of rotatable bonds is 8. The van der Waals surface area contributed by atoms with Gasteiger partial charge in [0.25, 0.3) is 0 Å². The van der Waals surface area contributed by atoms with E-state index in [1.54, 1.807) is 7.11 Å². The predicted molar refractivity (Wildman–Crippen MR) is 118 cm³/mol. The Morgan fingerprint density at radius 2 is 1.73 bits per heavy atom. The molecule has 0 saturated carbocycles. The van der Waals surface area contributed by atoms with Crippen LogP contribution in [0.15, 0.2) is 54.7 Å². The van der Waals surface area contributed by atoms with E-state index in [0.717, 1.165) is 56.2 Å². The van der Waals surface area contributed by atoms with Crippen molar-refractivity contribution in [3.05, 3.63) is 60.3 Å². The highest BCUT2D eigenvalue weighted by Crippen LogP contribution is 2.20. The largest absolute Gasteiger partial charge is 0.497 e. The van der Waals surface area contributed by atoms with Crippen molar-refractivity contribution < 1.29 is 14.3 Å². The van der Waals surface area contributed by atoms with Gasteiger partial charge in [-0.25, -0.2) is 0 Å². The summed E-state index contributed by atoms with van der Waals surface area (Å²) in [7, 11) is 1.66. The summed E-state index contributed by atoms with van der Waals surface area (Å²) in [6, 6.07) is 15.9. The number of piperazine rings is 1. The molecular weight excluding hydrogens is 378 g/mol. The van der Waals surface area contributed by atoms with Gasteiger partial charge >= 0.3 is 0 Å². The van der Waals surface area contributed by atoms with Gasteiger partial charge in [0.2, 0.25) is 5.91 Å². The first-order valence-corrected chi connectivity index (χ1v) is 10.5. The van der Waals surface area contributed by atoms with Crippen LogP contribution in [0.1, 0.15) is 12.0 Å². The second kappa shape index (κ2) is 9.67. The third-order valence-electron chi connectivity index (χ3n) is 5.74. The Bertz CT molecular complexity index is 959. The molecule has 1 fully saturated rings. The quantitative estimate of drug-likeness (QED) is 0.622. The second-order valence-electron chi connectivity index (χ2n) is 7.61. The number of para-hydroxylation sites is 1. The number of aryl methyl sites for hydroxylation is 1. The maximum atomic E-state index is 12.6. The number of ether oxygens (including phenoxy) is 2. The van der Waals surface area contributed by atoms with Crippen LogP contribution in [0.2, 0.25) is 0 Å². The molecule has 6 nitrogen and oxygen atoms in total. The fourth-order valence-corrected chi connectivity index (χ4v) is 3.92. The predicted octanol–water partition coefficient (Wildman–Crippen LogP) is 3.33. The van der Waals surface area contributed by atoms with E-state index < -0.39 is 0 Å². The molecule has 1 amide bonds. The maximum absolute atomic E-state index is 12.6. The zero-order valence-corrected chi connectivity index (χ0v) is 17.5. The van der Waals surface area contributed by atoms with Crippen molar-refractivity contribution in [1.82, 2.24) is 14.8 Å². The van der Waals surface area contributed by atoms with Gasteiger partial charge in [-0.3, -0.25) is 9.69 Å². The molecule has 1 aliphatic rings.